The molecule has 2 aliphatic heterocycles. The second-order valence-electron chi connectivity index (χ2n) is 9.70. The quantitative estimate of drug-likeness (QED) is 0.473. The van der Waals surface area contributed by atoms with Gasteiger partial charge in [0.15, 0.2) is 17.4 Å². The van der Waals surface area contributed by atoms with Gasteiger partial charge in [0, 0.05) is 36.6 Å². The van der Waals surface area contributed by atoms with Crippen LogP contribution in [0.4, 0.5) is 19.0 Å². The van der Waals surface area contributed by atoms with Crippen molar-refractivity contribution < 1.29 is 17.9 Å². The molecule has 1 aromatic carbocycles. The lowest BCUT2D eigenvalue weighted by Crippen LogP contribution is -2.35. The van der Waals surface area contributed by atoms with E-state index < -0.39 is 11.9 Å². The number of nitrogens with zero attached hydrogens (tertiary/aromatic N) is 6. The summed E-state index contributed by atoms with van der Waals surface area (Å²) in [7, 11) is 1.45. The zero-order valence-corrected chi connectivity index (χ0v) is 20.6. The van der Waals surface area contributed by atoms with E-state index in [2.05, 4.69) is 24.6 Å². The minimum atomic E-state index is -4.51. The second-order valence-corrected chi connectivity index (χ2v) is 10.1. The second kappa shape index (κ2) is 8.92. The molecule has 2 fully saturated rings. The maximum absolute atomic E-state index is 13.3. The van der Waals surface area contributed by atoms with Crippen LogP contribution < -0.4 is 9.64 Å². The molecule has 0 spiro atoms. The molecule has 7 nitrogen and oxygen atoms in total. The van der Waals surface area contributed by atoms with Gasteiger partial charge in [-0.3, -0.25) is 9.47 Å². The van der Waals surface area contributed by atoms with Crippen molar-refractivity contribution in [2.45, 2.75) is 56.9 Å². The summed E-state index contributed by atoms with van der Waals surface area (Å²) in [5.41, 5.74) is 1.30. The first-order valence-corrected chi connectivity index (χ1v) is 12.5. The number of rotatable bonds is 4. The molecule has 3 aromatic rings. The summed E-state index contributed by atoms with van der Waals surface area (Å²) in [6, 6.07) is 8.82. The zero-order chi connectivity index (χ0) is 25.0. The van der Waals surface area contributed by atoms with Crippen molar-refractivity contribution in [1.29, 1.82) is 0 Å². The van der Waals surface area contributed by atoms with E-state index in [1.54, 1.807) is 0 Å². The van der Waals surface area contributed by atoms with Gasteiger partial charge in [-0.25, -0.2) is 4.98 Å². The third kappa shape index (κ3) is 4.30. The Balaban J connectivity index is 1.28. The summed E-state index contributed by atoms with van der Waals surface area (Å²) >= 11 is 6.35. The Labute approximate surface area is 211 Å². The number of ether oxygens (including phenoxy) is 1. The molecule has 1 aliphatic carbocycles. The molecule has 0 amide bonds. The SMILES string of the molecule is COc1ccc(C(F)(F)F)nc1N1CCC(c2nnc3n2-c2ccc(Cl)cc2CN(C2CC2)C3)CC1. The van der Waals surface area contributed by atoms with E-state index in [1.807, 2.05) is 23.1 Å². The molecule has 1 saturated carbocycles. The van der Waals surface area contributed by atoms with Crippen LogP contribution >= 0.6 is 11.6 Å². The maximum Gasteiger partial charge on any atom is 0.433 e. The van der Waals surface area contributed by atoms with Gasteiger partial charge < -0.3 is 9.64 Å². The summed E-state index contributed by atoms with van der Waals surface area (Å²) < 4.78 is 47.4. The van der Waals surface area contributed by atoms with Gasteiger partial charge in [0.1, 0.15) is 11.5 Å². The molecule has 2 aromatic heterocycles. The largest absolute Gasteiger partial charge is 0.493 e. The fourth-order valence-corrected chi connectivity index (χ4v) is 5.54. The molecule has 190 valence electrons. The fraction of sp³-hybridized carbons (Fsp3) is 0.480. The lowest BCUT2D eigenvalue weighted by molar-refractivity contribution is -0.141. The van der Waals surface area contributed by atoms with Crippen LogP contribution in [-0.4, -0.2) is 50.9 Å². The topological polar surface area (TPSA) is 59.3 Å². The summed E-state index contributed by atoms with van der Waals surface area (Å²) in [5, 5.41) is 9.91. The maximum atomic E-state index is 13.3. The first-order valence-electron chi connectivity index (χ1n) is 12.2. The Morgan fingerprint density at radius 2 is 1.78 bits per heavy atom. The standard InChI is InChI=1S/C25H26ClF3N6O/c1-36-20-6-7-21(25(27,28)29)30-24(20)33-10-8-15(9-11-33)23-32-31-22-14-34(18-3-4-18)13-16-12-17(26)2-5-19(16)35(22)23/h2,5-7,12,15,18H,3-4,8-11,13-14H2,1H3. The number of fused-ring (bicyclic) bond motifs is 3. The van der Waals surface area contributed by atoms with Crippen molar-refractivity contribution in [2.75, 3.05) is 25.1 Å². The normalized spacial score (nSPS) is 19.1. The van der Waals surface area contributed by atoms with E-state index in [1.165, 1.54) is 26.0 Å². The molecule has 3 aliphatic rings. The molecule has 0 bridgehead atoms. The number of halogens is 4. The van der Waals surface area contributed by atoms with Crippen molar-refractivity contribution in [3.63, 3.8) is 0 Å². The smallest absolute Gasteiger partial charge is 0.433 e. The molecule has 36 heavy (non-hydrogen) atoms. The van der Waals surface area contributed by atoms with Gasteiger partial charge in [0.25, 0.3) is 0 Å². The van der Waals surface area contributed by atoms with Gasteiger partial charge in [0.2, 0.25) is 0 Å². The molecule has 6 rings (SSSR count). The van der Waals surface area contributed by atoms with Crippen molar-refractivity contribution in [1.82, 2.24) is 24.6 Å². The average Bonchev–Trinajstić information content (AvgIpc) is 3.65. The molecule has 0 radical (unpaired) electrons. The van der Waals surface area contributed by atoms with Crippen LogP contribution in [0.5, 0.6) is 5.75 Å². The molecule has 1 saturated heterocycles. The van der Waals surface area contributed by atoms with Crippen LogP contribution in [0, 0.1) is 0 Å². The highest BCUT2D eigenvalue weighted by atomic mass is 35.5. The molecular formula is C25H26ClF3N6O. The molecule has 4 heterocycles. The lowest BCUT2D eigenvalue weighted by atomic mass is 9.95. The number of hydrogen-bond acceptors (Lipinski definition) is 6. The predicted octanol–water partition coefficient (Wildman–Crippen LogP) is 5.21. The van der Waals surface area contributed by atoms with Gasteiger partial charge in [-0.15, -0.1) is 10.2 Å². The molecular weight excluding hydrogens is 493 g/mol. The minimum absolute atomic E-state index is 0.121. The first kappa shape index (κ1) is 23.5. The van der Waals surface area contributed by atoms with Gasteiger partial charge in [-0.2, -0.15) is 13.2 Å². The van der Waals surface area contributed by atoms with Crippen LogP contribution in [-0.2, 0) is 19.3 Å². The third-order valence-corrected chi connectivity index (χ3v) is 7.56. The number of pyridine rings is 1. The van der Waals surface area contributed by atoms with Crippen LogP contribution in [0.1, 0.15) is 54.5 Å². The Kier molecular flexibility index (Phi) is 5.83. The summed E-state index contributed by atoms with van der Waals surface area (Å²) in [4.78, 5) is 8.22. The van der Waals surface area contributed by atoms with Crippen molar-refractivity contribution in [2.24, 2.45) is 0 Å². The summed E-state index contributed by atoms with van der Waals surface area (Å²) in [5.74, 6) is 2.50. The zero-order valence-electron chi connectivity index (χ0n) is 19.8. The van der Waals surface area contributed by atoms with Crippen LogP contribution in [0.25, 0.3) is 5.69 Å². The minimum Gasteiger partial charge on any atom is -0.493 e. The number of anilines is 1. The lowest BCUT2D eigenvalue weighted by Gasteiger charge is -2.33. The van der Waals surface area contributed by atoms with Crippen molar-refractivity contribution in [3.05, 3.63) is 58.3 Å². The summed E-state index contributed by atoms with van der Waals surface area (Å²) in [6.07, 6.45) is -0.684. The number of methoxy groups -OCH3 is 1. The Morgan fingerprint density at radius 3 is 2.47 bits per heavy atom. The van der Waals surface area contributed by atoms with Crippen molar-refractivity contribution in [3.8, 4) is 11.4 Å². The Bertz CT molecular complexity index is 1280. The number of alkyl halides is 3. The highest BCUT2D eigenvalue weighted by Gasteiger charge is 2.37. The van der Waals surface area contributed by atoms with E-state index in [0.29, 0.717) is 42.7 Å². The highest BCUT2D eigenvalue weighted by Crippen LogP contribution is 2.39. The van der Waals surface area contributed by atoms with Crippen LogP contribution in [0.15, 0.2) is 30.3 Å². The molecule has 0 atom stereocenters. The highest BCUT2D eigenvalue weighted by molar-refractivity contribution is 6.30. The van der Waals surface area contributed by atoms with Gasteiger partial charge in [-0.05, 0) is 61.6 Å². The predicted molar refractivity (Wildman–Crippen MR) is 129 cm³/mol. The molecule has 0 N–H and O–H groups in total. The molecule has 0 unspecified atom stereocenters. The summed E-state index contributed by atoms with van der Waals surface area (Å²) in [6.45, 7) is 2.63. The third-order valence-electron chi connectivity index (χ3n) is 7.33. The van der Waals surface area contributed by atoms with E-state index in [0.717, 1.165) is 42.1 Å². The Hall–Kier alpha value is -2.85. The van der Waals surface area contributed by atoms with Crippen molar-refractivity contribution >= 4 is 17.4 Å². The Morgan fingerprint density at radius 1 is 1.00 bits per heavy atom. The number of hydrogen-bond donors (Lipinski definition) is 0. The van der Waals surface area contributed by atoms with Crippen LogP contribution in [0.3, 0.4) is 0 Å². The van der Waals surface area contributed by atoms with Crippen LogP contribution in [0.2, 0.25) is 5.02 Å². The van der Waals surface area contributed by atoms with E-state index in [4.69, 9.17) is 16.3 Å². The number of benzene rings is 1. The number of piperidine rings is 1. The van der Waals surface area contributed by atoms with E-state index >= 15 is 0 Å². The first-order chi connectivity index (χ1) is 17.3. The van der Waals surface area contributed by atoms with E-state index in [-0.39, 0.29) is 11.7 Å². The van der Waals surface area contributed by atoms with Gasteiger partial charge in [0.05, 0.1) is 19.3 Å². The monoisotopic (exact) mass is 518 g/mol. The van der Waals surface area contributed by atoms with Gasteiger partial charge >= 0.3 is 6.18 Å². The van der Waals surface area contributed by atoms with E-state index in [9.17, 15) is 13.2 Å². The average molecular weight is 519 g/mol. The number of aromatic nitrogens is 4. The van der Waals surface area contributed by atoms with Gasteiger partial charge in [-0.1, -0.05) is 11.6 Å². The fourth-order valence-electron chi connectivity index (χ4n) is 5.34. The molecule has 11 heteroatoms.